The lowest BCUT2D eigenvalue weighted by Gasteiger charge is -2.30. The van der Waals surface area contributed by atoms with Crippen molar-refractivity contribution >= 4 is 11.8 Å². The molecule has 1 atom stereocenters. The zero-order valence-electron chi connectivity index (χ0n) is 16.6. The molecular formula is C21H33N3O2. The topological polar surface area (TPSA) is 52.7 Å². The van der Waals surface area contributed by atoms with E-state index < -0.39 is 0 Å². The molecule has 0 aromatic heterocycles. The number of rotatable bonds is 7. The molecule has 1 aromatic carbocycles. The van der Waals surface area contributed by atoms with Gasteiger partial charge in [-0.25, -0.2) is 0 Å². The molecule has 2 amide bonds. The predicted molar refractivity (Wildman–Crippen MR) is 105 cm³/mol. The Hall–Kier alpha value is -1.88. The van der Waals surface area contributed by atoms with Crippen molar-refractivity contribution in [3.8, 4) is 0 Å². The summed E-state index contributed by atoms with van der Waals surface area (Å²) in [4.78, 5) is 28.2. The first-order chi connectivity index (χ1) is 12.4. The van der Waals surface area contributed by atoms with Gasteiger partial charge in [0.25, 0.3) is 5.91 Å². The monoisotopic (exact) mass is 359 g/mol. The summed E-state index contributed by atoms with van der Waals surface area (Å²) in [7, 11) is 3.49. The fourth-order valence-electron chi connectivity index (χ4n) is 3.59. The van der Waals surface area contributed by atoms with Crippen LogP contribution in [0, 0.1) is 11.8 Å². The Labute approximate surface area is 157 Å². The molecule has 1 fully saturated rings. The van der Waals surface area contributed by atoms with Gasteiger partial charge in [-0.05, 0) is 62.4 Å². The van der Waals surface area contributed by atoms with Crippen LogP contribution in [-0.2, 0) is 11.3 Å². The molecule has 0 aliphatic carbocycles. The summed E-state index contributed by atoms with van der Waals surface area (Å²) in [5, 5.41) is 3.39. The first kappa shape index (κ1) is 20.4. The van der Waals surface area contributed by atoms with Crippen molar-refractivity contribution < 1.29 is 9.59 Å². The molecule has 1 aromatic rings. The summed E-state index contributed by atoms with van der Waals surface area (Å²) in [5.41, 5.74) is 1.73. The third kappa shape index (κ3) is 5.56. The lowest BCUT2D eigenvalue weighted by molar-refractivity contribution is -0.133. The normalized spacial score (nSPS) is 16.2. The molecule has 26 heavy (non-hydrogen) atoms. The molecule has 1 heterocycles. The molecule has 2 rings (SSSR count). The van der Waals surface area contributed by atoms with Crippen LogP contribution < -0.4 is 5.32 Å². The minimum absolute atomic E-state index is 0.00392. The van der Waals surface area contributed by atoms with Crippen molar-refractivity contribution in [2.45, 2.75) is 39.7 Å². The highest BCUT2D eigenvalue weighted by atomic mass is 16.2. The first-order valence-electron chi connectivity index (χ1n) is 9.71. The zero-order valence-corrected chi connectivity index (χ0v) is 16.6. The van der Waals surface area contributed by atoms with Crippen LogP contribution in [0.25, 0.3) is 0 Å². The van der Waals surface area contributed by atoms with Crippen LogP contribution >= 0.6 is 0 Å². The quantitative estimate of drug-likeness (QED) is 0.814. The molecule has 0 spiro atoms. The number of benzene rings is 1. The average molecular weight is 360 g/mol. The van der Waals surface area contributed by atoms with E-state index in [-0.39, 0.29) is 11.8 Å². The third-order valence-electron chi connectivity index (χ3n) is 5.40. The molecular weight excluding hydrogens is 326 g/mol. The van der Waals surface area contributed by atoms with Gasteiger partial charge in [-0.3, -0.25) is 9.59 Å². The number of piperidine rings is 1. The highest BCUT2D eigenvalue weighted by molar-refractivity contribution is 5.93. The van der Waals surface area contributed by atoms with Crippen LogP contribution in [0.4, 0.5) is 0 Å². The maximum atomic E-state index is 12.7. The Morgan fingerprint density at radius 3 is 2.31 bits per heavy atom. The van der Waals surface area contributed by atoms with Crippen LogP contribution in [0.1, 0.15) is 49.0 Å². The van der Waals surface area contributed by atoms with Gasteiger partial charge in [-0.1, -0.05) is 19.1 Å². The van der Waals surface area contributed by atoms with Gasteiger partial charge in [0.05, 0.1) is 0 Å². The van der Waals surface area contributed by atoms with Crippen LogP contribution in [-0.4, -0.2) is 55.3 Å². The fraction of sp³-hybridized carbons (Fsp3) is 0.619. The molecule has 1 saturated heterocycles. The molecule has 1 aliphatic rings. The predicted octanol–water partition coefficient (Wildman–Crippen LogP) is 2.76. The van der Waals surface area contributed by atoms with Gasteiger partial charge in [-0.2, -0.15) is 0 Å². The number of carbonyl (C=O) groups is 2. The molecule has 1 N–H and O–H groups in total. The van der Waals surface area contributed by atoms with Gasteiger partial charge in [0.2, 0.25) is 5.91 Å². The second-order valence-corrected chi connectivity index (χ2v) is 7.57. The molecule has 5 heteroatoms. The largest absolute Gasteiger partial charge is 0.345 e. The highest BCUT2D eigenvalue weighted by Crippen LogP contribution is 2.25. The van der Waals surface area contributed by atoms with E-state index in [1.165, 1.54) is 12.8 Å². The lowest BCUT2D eigenvalue weighted by atomic mass is 9.84. The molecule has 1 aliphatic heterocycles. The fourth-order valence-corrected chi connectivity index (χ4v) is 3.59. The van der Waals surface area contributed by atoms with E-state index in [2.05, 4.69) is 12.2 Å². The van der Waals surface area contributed by atoms with Crippen molar-refractivity contribution in [2.24, 2.45) is 11.8 Å². The second-order valence-electron chi connectivity index (χ2n) is 7.57. The molecule has 1 unspecified atom stereocenters. The average Bonchev–Trinajstić information content (AvgIpc) is 2.66. The van der Waals surface area contributed by atoms with E-state index >= 15 is 0 Å². The van der Waals surface area contributed by atoms with Crippen LogP contribution in [0.5, 0.6) is 0 Å². The van der Waals surface area contributed by atoms with Crippen LogP contribution in [0.15, 0.2) is 24.3 Å². The summed E-state index contributed by atoms with van der Waals surface area (Å²) in [6.45, 7) is 7.68. The maximum Gasteiger partial charge on any atom is 0.253 e. The van der Waals surface area contributed by atoms with E-state index in [1.54, 1.807) is 19.0 Å². The van der Waals surface area contributed by atoms with E-state index in [9.17, 15) is 9.59 Å². The van der Waals surface area contributed by atoms with Crippen molar-refractivity contribution in [1.29, 1.82) is 0 Å². The van der Waals surface area contributed by atoms with Gasteiger partial charge >= 0.3 is 0 Å². The van der Waals surface area contributed by atoms with E-state index in [0.717, 1.165) is 18.7 Å². The summed E-state index contributed by atoms with van der Waals surface area (Å²) < 4.78 is 0. The van der Waals surface area contributed by atoms with Gasteiger partial charge < -0.3 is 15.1 Å². The number of hydrogen-bond donors (Lipinski definition) is 1. The SMILES string of the molecule is CCN(Cc1ccc(C(=O)N(C)C)cc1)C(=O)CC(C)C1CCNCC1. The summed E-state index contributed by atoms with van der Waals surface area (Å²) >= 11 is 0. The van der Waals surface area contributed by atoms with Crippen molar-refractivity contribution in [1.82, 2.24) is 15.1 Å². The molecule has 144 valence electrons. The number of carbonyl (C=O) groups excluding carboxylic acids is 2. The number of nitrogens with one attached hydrogen (secondary N) is 1. The van der Waals surface area contributed by atoms with Crippen molar-refractivity contribution in [3.63, 3.8) is 0 Å². The Balaban J connectivity index is 1.93. The van der Waals surface area contributed by atoms with Crippen molar-refractivity contribution in [2.75, 3.05) is 33.7 Å². The maximum absolute atomic E-state index is 12.7. The molecule has 0 bridgehead atoms. The van der Waals surface area contributed by atoms with Crippen LogP contribution in [0.3, 0.4) is 0 Å². The Bertz CT molecular complexity index is 592. The number of nitrogens with zero attached hydrogens (tertiary/aromatic N) is 2. The Morgan fingerprint density at radius 1 is 1.15 bits per heavy atom. The van der Waals surface area contributed by atoms with Gasteiger partial charge in [0.1, 0.15) is 0 Å². The van der Waals surface area contributed by atoms with E-state index in [4.69, 9.17) is 0 Å². The Kier molecular flexibility index (Phi) is 7.64. The van der Waals surface area contributed by atoms with Crippen LogP contribution in [0.2, 0.25) is 0 Å². The van der Waals surface area contributed by atoms with E-state index in [0.29, 0.717) is 36.9 Å². The molecule has 0 saturated carbocycles. The van der Waals surface area contributed by atoms with Gasteiger partial charge in [-0.15, -0.1) is 0 Å². The molecule has 5 nitrogen and oxygen atoms in total. The lowest BCUT2D eigenvalue weighted by Crippen LogP contribution is -2.35. The highest BCUT2D eigenvalue weighted by Gasteiger charge is 2.24. The number of hydrogen-bond acceptors (Lipinski definition) is 3. The Morgan fingerprint density at radius 2 is 1.77 bits per heavy atom. The van der Waals surface area contributed by atoms with E-state index in [1.807, 2.05) is 36.1 Å². The van der Waals surface area contributed by atoms with Crippen molar-refractivity contribution in [3.05, 3.63) is 35.4 Å². The first-order valence-corrected chi connectivity index (χ1v) is 9.71. The standard InChI is InChI=1S/C21H33N3O2/c1-5-24(20(25)14-16(2)18-10-12-22-13-11-18)15-17-6-8-19(9-7-17)21(26)23(3)4/h6-9,16,18,22H,5,10-15H2,1-4H3. The summed E-state index contributed by atoms with van der Waals surface area (Å²) in [6.07, 6.45) is 2.96. The third-order valence-corrected chi connectivity index (χ3v) is 5.40. The zero-order chi connectivity index (χ0) is 19.1. The summed E-state index contributed by atoms with van der Waals surface area (Å²) in [5.74, 6) is 1.30. The second kappa shape index (κ2) is 9.72. The molecule has 0 radical (unpaired) electrons. The van der Waals surface area contributed by atoms with Gasteiger partial charge in [0.15, 0.2) is 0 Å². The number of amides is 2. The minimum atomic E-state index is -0.00392. The smallest absolute Gasteiger partial charge is 0.253 e. The van der Waals surface area contributed by atoms with Gasteiger partial charge in [0, 0.05) is 39.2 Å². The summed E-state index contributed by atoms with van der Waals surface area (Å²) in [6, 6.07) is 7.58. The minimum Gasteiger partial charge on any atom is -0.345 e.